The molecule has 0 radical (unpaired) electrons. The number of fused-ring (bicyclic) bond motifs is 3. The molecule has 0 spiro atoms. The molecular formula is C24H29B2F2N5O8. The van der Waals surface area contributed by atoms with E-state index in [1.807, 2.05) is 6.07 Å². The van der Waals surface area contributed by atoms with E-state index in [4.69, 9.17) is 14.2 Å². The average Bonchev–Trinajstić information content (AvgIpc) is 3.29. The van der Waals surface area contributed by atoms with Crippen molar-refractivity contribution in [3.63, 3.8) is 0 Å². The van der Waals surface area contributed by atoms with Crippen LogP contribution in [0.2, 0.25) is 0 Å². The molecule has 0 atom stereocenters. The van der Waals surface area contributed by atoms with Crippen molar-refractivity contribution in [2.45, 2.75) is 31.8 Å². The highest BCUT2D eigenvalue weighted by atomic mass is 19.1. The number of aliphatic hydroxyl groups is 4. The first-order chi connectivity index (χ1) is 19.3. The molecule has 0 aliphatic carbocycles. The summed E-state index contributed by atoms with van der Waals surface area (Å²) in [7, 11) is 1.56. The van der Waals surface area contributed by atoms with Crippen molar-refractivity contribution in [2.24, 2.45) is 0 Å². The summed E-state index contributed by atoms with van der Waals surface area (Å²) in [5.74, 6) is -10.5. The molecule has 5 N–H and O–H groups in total. The number of ether oxygens (including phenoxy) is 3. The minimum Gasteiger partial charge on any atom is -0.445 e. The summed E-state index contributed by atoms with van der Waals surface area (Å²) in [5, 5.41) is 39.4. The number of anilines is 2. The van der Waals surface area contributed by atoms with Crippen LogP contribution < -0.4 is 19.3 Å². The largest absolute Gasteiger partial charge is 0.445 e. The number of nitrogens with zero attached hydrogens (tertiary/aromatic N) is 4. The molecule has 0 saturated carbocycles. The van der Waals surface area contributed by atoms with Gasteiger partial charge in [-0.2, -0.15) is 0 Å². The van der Waals surface area contributed by atoms with Crippen LogP contribution in [-0.4, -0.2) is 102 Å². The third-order valence-electron chi connectivity index (χ3n) is 6.62. The Balaban J connectivity index is 1.58. The lowest BCUT2D eigenvalue weighted by molar-refractivity contribution is -0.227. The number of morpholine rings is 1. The number of hydrogen-bond acceptors (Lipinski definition) is 10. The number of hydrogen-bond donors (Lipinski definition) is 5. The zero-order valence-electron chi connectivity index (χ0n) is 22.6. The molecule has 17 heteroatoms. The van der Waals surface area contributed by atoms with Crippen molar-refractivity contribution < 1.29 is 48.2 Å². The Bertz CT molecular complexity index is 1430. The second-order valence-corrected chi connectivity index (χ2v) is 10.1. The molecule has 4 heterocycles. The van der Waals surface area contributed by atoms with E-state index in [0.717, 1.165) is 39.4 Å². The molecule has 2 aromatic heterocycles. The minimum atomic E-state index is -2.90. The third-order valence-corrected chi connectivity index (χ3v) is 6.62. The van der Waals surface area contributed by atoms with Crippen LogP contribution in [0.25, 0.3) is 11.0 Å². The lowest BCUT2D eigenvalue weighted by Gasteiger charge is -2.37. The van der Waals surface area contributed by atoms with Crippen molar-refractivity contribution in [1.29, 1.82) is 0 Å². The van der Waals surface area contributed by atoms with E-state index >= 15 is 8.78 Å². The SMILES string of the molecule is BC(O)(O)Oc1cc(OC(B)(O)O)c(F)c(N2Cc3cnc4[nH]c(CN5CCOCC5)cc4c3N(CC)C2=O)c1F. The van der Waals surface area contributed by atoms with Gasteiger partial charge in [0.1, 0.15) is 11.3 Å². The number of benzene rings is 1. The maximum absolute atomic E-state index is 15.7. The molecule has 0 unspecified atom stereocenters. The first kappa shape index (κ1) is 29.0. The lowest BCUT2D eigenvalue weighted by Crippen LogP contribution is -2.48. The molecule has 218 valence electrons. The summed E-state index contributed by atoms with van der Waals surface area (Å²) in [6, 6.07) is 1.68. The fourth-order valence-corrected chi connectivity index (χ4v) is 5.00. The van der Waals surface area contributed by atoms with Gasteiger partial charge in [0.25, 0.3) is 11.7 Å². The Kier molecular flexibility index (Phi) is 7.61. The summed E-state index contributed by atoms with van der Waals surface area (Å²) in [4.78, 5) is 25.9. The predicted octanol–water partition coefficient (Wildman–Crippen LogP) is -1.14. The molecule has 2 aliphatic rings. The van der Waals surface area contributed by atoms with Gasteiger partial charge in [0, 0.05) is 55.1 Å². The van der Waals surface area contributed by atoms with Crippen LogP contribution in [0.15, 0.2) is 18.3 Å². The van der Waals surface area contributed by atoms with Crippen LogP contribution in [0.4, 0.5) is 25.0 Å². The standard InChI is InChI=1S/C24H29B2F2N5O8/c1-2-32-19-12(9-29-21-14(19)7-13(30-21)11-31-3-5-39-6-4-31)10-33(22(32)34)20-17(27)15(40-23(25,35)36)8-16(18(20)28)41-24(26,37)38/h7-9,35-38H,2-6,10-11,25-26H2,1H3,(H,29,30). The van der Waals surface area contributed by atoms with Gasteiger partial charge < -0.3 is 39.6 Å². The number of aromatic nitrogens is 2. The number of urea groups is 1. The number of aromatic amines is 1. The molecule has 5 rings (SSSR count). The van der Waals surface area contributed by atoms with Crippen LogP contribution in [0, 0.1) is 11.6 Å². The molecule has 2 amide bonds. The van der Waals surface area contributed by atoms with Gasteiger partial charge in [-0.05, 0) is 13.0 Å². The van der Waals surface area contributed by atoms with Gasteiger partial charge in [-0.3, -0.25) is 14.7 Å². The Morgan fingerprint density at radius 2 is 1.66 bits per heavy atom. The molecule has 2 aliphatic heterocycles. The fourth-order valence-electron chi connectivity index (χ4n) is 5.00. The fraction of sp³-hybridized carbons (Fsp3) is 0.417. The molecule has 13 nitrogen and oxygen atoms in total. The predicted molar refractivity (Wildman–Crippen MR) is 146 cm³/mol. The van der Waals surface area contributed by atoms with E-state index in [9.17, 15) is 25.2 Å². The molecule has 1 saturated heterocycles. The molecule has 0 bridgehead atoms. The van der Waals surface area contributed by atoms with E-state index in [0.29, 0.717) is 48.1 Å². The number of halogens is 2. The summed E-state index contributed by atoms with van der Waals surface area (Å²) in [6.45, 7) is 4.96. The van der Waals surface area contributed by atoms with Gasteiger partial charge in [-0.25, -0.2) is 18.6 Å². The molecule has 41 heavy (non-hydrogen) atoms. The van der Waals surface area contributed by atoms with Gasteiger partial charge in [0.2, 0.25) is 15.7 Å². The summed E-state index contributed by atoms with van der Waals surface area (Å²) < 4.78 is 46.4. The van der Waals surface area contributed by atoms with Crippen LogP contribution in [0.3, 0.4) is 0 Å². The third kappa shape index (κ3) is 5.95. The highest BCUT2D eigenvalue weighted by Gasteiger charge is 2.38. The van der Waals surface area contributed by atoms with E-state index in [-0.39, 0.29) is 13.1 Å². The summed E-state index contributed by atoms with van der Waals surface area (Å²) in [5.41, 5.74) is 1.48. The van der Waals surface area contributed by atoms with Crippen molar-refractivity contribution in [3.8, 4) is 11.5 Å². The van der Waals surface area contributed by atoms with Crippen molar-refractivity contribution >= 4 is 44.1 Å². The van der Waals surface area contributed by atoms with E-state index in [2.05, 4.69) is 14.9 Å². The van der Waals surface area contributed by atoms with Gasteiger partial charge in [-0.1, -0.05) is 0 Å². The second-order valence-electron chi connectivity index (χ2n) is 10.1. The number of pyridine rings is 1. The van der Waals surface area contributed by atoms with Crippen LogP contribution in [-0.2, 0) is 17.8 Å². The monoisotopic (exact) mass is 575 g/mol. The van der Waals surface area contributed by atoms with Crippen LogP contribution in [0.1, 0.15) is 18.2 Å². The number of amides is 2. The van der Waals surface area contributed by atoms with Gasteiger partial charge in [0.15, 0.2) is 23.1 Å². The first-order valence-electron chi connectivity index (χ1n) is 12.9. The number of carbonyl (C=O) groups excluding carboxylic acids is 1. The Morgan fingerprint density at radius 3 is 2.22 bits per heavy atom. The summed E-state index contributed by atoms with van der Waals surface area (Å²) in [6.07, 6.45) is 1.50. The number of carbonyl (C=O) groups is 1. The summed E-state index contributed by atoms with van der Waals surface area (Å²) >= 11 is 0. The maximum atomic E-state index is 15.7. The van der Waals surface area contributed by atoms with Crippen molar-refractivity contribution in [1.82, 2.24) is 14.9 Å². The smallest absolute Gasteiger partial charge is 0.329 e. The molecule has 1 fully saturated rings. The lowest BCUT2D eigenvalue weighted by atomic mass is 10.1. The molecule has 3 aromatic rings. The maximum Gasteiger partial charge on any atom is 0.329 e. The van der Waals surface area contributed by atoms with E-state index in [1.54, 1.807) is 6.92 Å². The first-order valence-corrected chi connectivity index (χ1v) is 12.9. The zero-order valence-corrected chi connectivity index (χ0v) is 22.6. The molecular weight excluding hydrogens is 546 g/mol. The minimum absolute atomic E-state index is 0.130. The van der Waals surface area contributed by atoms with E-state index in [1.165, 1.54) is 11.1 Å². The Morgan fingerprint density at radius 1 is 1.05 bits per heavy atom. The average molecular weight is 575 g/mol. The number of nitrogens with one attached hydrogen (secondary N) is 1. The highest BCUT2D eigenvalue weighted by Crippen LogP contribution is 2.43. The van der Waals surface area contributed by atoms with Crippen molar-refractivity contribution in [2.75, 3.05) is 42.6 Å². The number of rotatable bonds is 8. The Hall–Kier alpha value is -3.47. The Labute approximate surface area is 234 Å². The van der Waals surface area contributed by atoms with Crippen LogP contribution >= 0.6 is 0 Å². The number of H-pyrrole nitrogens is 1. The quantitative estimate of drug-likeness (QED) is 0.164. The topological polar surface area (TPSA) is 164 Å². The second kappa shape index (κ2) is 10.7. The highest BCUT2D eigenvalue weighted by molar-refractivity contribution is 6.13. The van der Waals surface area contributed by atoms with Gasteiger partial charge >= 0.3 is 6.03 Å². The van der Waals surface area contributed by atoms with Gasteiger partial charge in [-0.15, -0.1) is 0 Å². The zero-order chi connectivity index (χ0) is 29.7. The van der Waals surface area contributed by atoms with E-state index < -0.39 is 46.6 Å². The normalized spacial score (nSPS) is 16.8. The van der Waals surface area contributed by atoms with Crippen LogP contribution in [0.5, 0.6) is 11.5 Å². The molecule has 1 aromatic carbocycles. The van der Waals surface area contributed by atoms with Gasteiger partial charge in [0.05, 0.1) is 25.4 Å². The van der Waals surface area contributed by atoms with Crippen molar-refractivity contribution in [3.05, 3.63) is 41.2 Å².